The van der Waals surface area contributed by atoms with Crippen molar-refractivity contribution in [2.45, 2.75) is 62.7 Å². The van der Waals surface area contributed by atoms with E-state index in [9.17, 15) is 19.5 Å². The van der Waals surface area contributed by atoms with Crippen LogP contribution in [0.25, 0.3) is 0 Å². The molecule has 0 aliphatic carbocycles. The molecule has 5 atom stereocenters. The normalized spacial score (nSPS) is 29.3. The Bertz CT molecular complexity index is 1080. The van der Waals surface area contributed by atoms with Gasteiger partial charge in [-0.3, -0.25) is 14.4 Å². The number of hydrogen-bond donors (Lipinski definition) is 1. The highest BCUT2D eigenvalue weighted by molar-refractivity contribution is 6.30. The standard InChI is InChI=1S/C29H37ClN2O6/c1-4-6-19-37-27(36)23-22-25(34)32(17-8-7-9-18-33)24(29(22)15-14-28(23,3)38-29)26(35)31(16-5-2)21-12-10-20(30)11-13-21/h4-5,10-13,22-24,33H,1-2,6-9,14-19H2,3H3/t22-,23-,24?,28+,29?/m0/s1. The summed E-state index contributed by atoms with van der Waals surface area (Å²) in [4.78, 5) is 45.0. The number of fused-ring (bicyclic) bond motifs is 1. The topological polar surface area (TPSA) is 96.4 Å². The quantitative estimate of drug-likeness (QED) is 0.230. The van der Waals surface area contributed by atoms with E-state index in [0.717, 1.165) is 0 Å². The van der Waals surface area contributed by atoms with Crippen LogP contribution in [0.2, 0.25) is 5.02 Å². The van der Waals surface area contributed by atoms with Crippen LogP contribution in [0.15, 0.2) is 49.6 Å². The van der Waals surface area contributed by atoms with Gasteiger partial charge in [0, 0.05) is 30.4 Å². The number of likely N-dealkylation sites (tertiary alicyclic amines) is 1. The number of ether oxygens (including phenoxy) is 2. The Kier molecular flexibility index (Phi) is 8.65. The second-order valence-corrected chi connectivity index (χ2v) is 10.9. The Hall–Kier alpha value is -2.68. The van der Waals surface area contributed by atoms with Gasteiger partial charge in [0.25, 0.3) is 5.91 Å². The van der Waals surface area contributed by atoms with Gasteiger partial charge in [-0.25, -0.2) is 0 Å². The number of amides is 2. The molecule has 8 nitrogen and oxygen atoms in total. The van der Waals surface area contributed by atoms with E-state index in [-0.39, 0.29) is 31.6 Å². The van der Waals surface area contributed by atoms with E-state index in [2.05, 4.69) is 13.2 Å². The number of nitrogens with zero attached hydrogens (tertiary/aromatic N) is 2. The minimum atomic E-state index is -1.13. The molecule has 206 valence electrons. The van der Waals surface area contributed by atoms with Gasteiger partial charge in [-0.05, 0) is 69.7 Å². The van der Waals surface area contributed by atoms with Crippen molar-refractivity contribution in [1.82, 2.24) is 4.90 Å². The van der Waals surface area contributed by atoms with Gasteiger partial charge in [0.05, 0.1) is 18.1 Å². The van der Waals surface area contributed by atoms with Gasteiger partial charge in [0.1, 0.15) is 17.6 Å². The van der Waals surface area contributed by atoms with Crippen LogP contribution in [0.5, 0.6) is 0 Å². The lowest BCUT2D eigenvalue weighted by Crippen LogP contribution is -2.56. The van der Waals surface area contributed by atoms with E-state index < -0.39 is 35.0 Å². The molecule has 2 bridgehead atoms. The van der Waals surface area contributed by atoms with Crippen LogP contribution in [0.1, 0.15) is 45.4 Å². The zero-order valence-corrected chi connectivity index (χ0v) is 22.7. The van der Waals surface area contributed by atoms with Crippen molar-refractivity contribution in [3.8, 4) is 0 Å². The van der Waals surface area contributed by atoms with Crippen LogP contribution >= 0.6 is 11.6 Å². The van der Waals surface area contributed by atoms with Gasteiger partial charge in [-0.2, -0.15) is 0 Å². The molecular weight excluding hydrogens is 508 g/mol. The van der Waals surface area contributed by atoms with E-state index >= 15 is 0 Å². The molecule has 9 heteroatoms. The first-order valence-corrected chi connectivity index (χ1v) is 13.7. The zero-order chi connectivity index (χ0) is 27.5. The minimum Gasteiger partial charge on any atom is -0.465 e. The number of esters is 1. The lowest BCUT2D eigenvalue weighted by atomic mass is 9.66. The third kappa shape index (κ3) is 4.90. The maximum Gasteiger partial charge on any atom is 0.312 e. The molecule has 38 heavy (non-hydrogen) atoms. The minimum absolute atomic E-state index is 0.0621. The van der Waals surface area contributed by atoms with E-state index in [1.165, 1.54) is 0 Å². The Morgan fingerprint density at radius 3 is 2.61 bits per heavy atom. The molecule has 3 saturated heterocycles. The molecule has 0 aromatic heterocycles. The van der Waals surface area contributed by atoms with Crippen molar-refractivity contribution in [3.05, 3.63) is 54.6 Å². The average molecular weight is 545 g/mol. The number of anilines is 1. The van der Waals surface area contributed by atoms with Gasteiger partial charge < -0.3 is 24.4 Å². The maximum atomic E-state index is 14.4. The van der Waals surface area contributed by atoms with Crippen LogP contribution < -0.4 is 4.90 Å². The molecule has 0 saturated carbocycles. The molecule has 1 aromatic carbocycles. The highest BCUT2D eigenvalue weighted by Gasteiger charge is 2.78. The second kappa shape index (κ2) is 11.6. The second-order valence-electron chi connectivity index (χ2n) is 10.5. The fourth-order valence-corrected chi connectivity index (χ4v) is 6.55. The number of halogens is 1. The van der Waals surface area contributed by atoms with E-state index in [4.69, 9.17) is 21.1 Å². The van der Waals surface area contributed by atoms with Crippen molar-refractivity contribution >= 4 is 35.1 Å². The average Bonchev–Trinajstić information content (AvgIpc) is 3.46. The number of unbranched alkanes of at least 4 members (excludes halogenated alkanes) is 2. The van der Waals surface area contributed by atoms with Crippen LogP contribution in [0.3, 0.4) is 0 Å². The first-order valence-electron chi connectivity index (χ1n) is 13.3. The summed E-state index contributed by atoms with van der Waals surface area (Å²) in [5.41, 5.74) is -1.39. The predicted octanol–water partition coefficient (Wildman–Crippen LogP) is 3.91. The third-order valence-corrected chi connectivity index (χ3v) is 8.36. The number of benzene rings is 1. The molecule has 1 aromatic rings. The highest BCUT2D eigenvalue weighted by atomic mass is 35.5. The summed E-state index contributed by atoms with van der Waals surface area (Å²) in [6.45, 7) is 10.1. The number of hydrogen-bond acceptors (Lipinski definition) is 6. The summed E-state index contributed by atoms with van der Waals surface area (Å²) < 4.78 is 12.2. The number of carbonyl (C=O) groups excluding carboxylic acids is 3. The Labute approximate surface area is 229 Å². The van der Waals surface area contributed by atoms with Gasteiger partial charge in [0.15, 0.2) is 0 Å². The molecule has 2 unspecified atom stereocenters. The number of aliphatic hydroxyl groups is 1. The number of aliphatic hydroxyl groups excluding tert-OH is 1. The van der Waals surface area contributed by atoms with Crippen LogP contribution in [-0.2, 0) is 23.9 Å². The lowest BCUT2D eigenvalue weighted by molar-refractivity contribution is -0.159. The molecule has 0 radical (unpaired) electrons. The first-order chi connectivity index (χ1) is 18.2. The first kappa shape index (κ1) is 28.3. The van der Waals surface area contributed by atoms with Crippen LogP contribution in [-0.4, -0.2) is 71.3 Å². The fraction of sp³-hybridized carbons (Fsp3) is 0.552. The number of carbonyl (C=O) groups is 3. The highest BCUT2D eigenvalue weighted by Crippen LogP contribution is 2.63. The van der Waals surface area contributed by atoms with Crippen molar-refractivity contribution in [3.63, 3.8) is 0 Å². The Morgan fingerprint density at radius 1 is 1.21 bits per heavy atom. The SMILES string of the molecule is C=CCCOC(=O)[C@@H]1[C@H]2C(=O)N(CCCCCO)C(C(=O)N(CC=C)c3ccc(Cl)cc3)C23CC[C@@]1(C)O3. The maximum absolute atomic E-state index is 14.4. The van der Waals surface area contributed by atoms with E-state index in [1.807, 2.05) is 6.92 Å². The summed E-state index contributed by atoms with van der Waals surface area (Å²) in [5, 5.41) is 9.76. The van der Waals surface area contributed by atoms with Gasteiger partial charge in [0.2, 0.25) is 5.91 Å². The predicted molar refractivity (Wildman–Crippen MR) is 145 cm³/mol. The molecular formula is C29H37ClN2O6. The van der Waals surface area contributed by atoms with Gasteiger partial charge >= 0.3 is 5.97 Å². The lowest BCUT2D eigenvalue weighted by Gasteiger charge is -2.36. The molecule has 1 spiro atoms. The summed E-state index contributed by atoms with van der Waals surface area (Å²) in [6.07, 6.45) is 6.78. The van der Waals surface area contributed by atoms with Gasteiger partial charge in [-0.15, -0.1) is 13.2 Å². The summed E-state index contributed by atoms with van der Waals surface area (Å²) in [7, 11) is 0. The molecule has 1 N–H and O–H groups in total. The molecule has 3 heterocycles. The fourth-order valence-electron chi connectivity index (χ4n) is 6.43. The van der Waals surface area contributed by atoms with Crippen molar-refractivity contribution in [2.24, 2.45) is 11.8 Å². The third-order valence-electron chi connectivity index (χ3n) is 8.10. The van der Waals surface area contributed by atoms with Crippen molar-refractivity contribution in [2.75, 3.05) is 31.2 Å². The summed E-state index contributed by atoms with van der Waals surface area (Å²) in [6, 6.07) is 6.03. The largest absolute Gasteiger partial charge is 0.465 e. The number of rotatable bonds is 13. The van der Waals surface area contributed by atoms with Gasteiger partial charge in [-0.1, -0.05) is 23.8 Å². The zero-order valence-electron chi connectivity index (χ0n) is 21.9. The smallest absolute Gasteiger partial charge is 0.312 e. The summed E-state index contributed by atoms with van der Waals surface area (Å²) in [5.74, 6) is -2.61. The van der Waals surface area contributed by atoms with E-state index in [1.54, 1.807) is 46.2 Å². The molecule has 3 aliphatic heterocycles. The van der Waals surface area contributed by atoms with Crippen LogP contribution in [0.4, 0.5) is 5.69 Å². The molecule has 4 rings (SSSR count). The van der Waals surface area contributed by atoms with Crippen molar-refractivity contribution in [1.29, 1.82) is 0 Å². The summed E-state index contributed by atoms with van der Waals surface area (Å²) >= 11 is 6.09. The molecule has 2 amide bonds. The Balaban J connectivity index is 1.72. The van der Waals surface area contributed by atoms with E-state index in [0.29, 0.717) is 55.8 Å². The monoisotopic (exact) mass is 544 g/mol. The van der Waals surface area contributed by atoms with Crippen molar-refractivity contribution < 1.29 is 29.0 Å². The van der Waals surface area contributed by atoms with Crippen LogP contribution in [0, 0.1) is 11.8 Å². The Morgan fingerprint density at radius 2 is 1.95 bits per heavy atom. The molecule has 3 fully saturated rings. The molecule has 3 aliphatic rings.